The highest BCUT2D eigenvalue weighted by Crippen LogP contribution is 2.38. The van der Waals surface area contributed by atoms with Gasteiger partial charge in [0, 0.05) is 31.7 Å². The first-order chi connectivity index (χ1) is 11.1. The van der Waals surface area contributed by atoms with Gasteiger partial charge in [-0.25, -0.2) is 8.78 Å². The Morgan fingerprint density at radius 3 is 2.42 bits per heavy atom. The van der Waals surface area contributed by atoms with E-state index in [-0.39, 0.29) is 37.5 Å². The zero-order chi connectivity index (χ0) is 18.3. The molecular formula is C17H29F2N2O3. The maximum atomic E-state index is 13.1. The van der Waals surface area contributed by atoms with Gasteiger partial charge in [-0.1, -0.05) is 6.92 Å². The first-order valence-electron chi connectivity index (χ1n) is 8.54. The van der Waals surface area contributed by atoms with Crippen LogP contribution in [-0.2, 0) is 9.59 Å². The lowest BCUT2D eigenvalue weighted by molar-refractivity contribution is -0.127. The maximum Gasteiger partial charge on any atom is 0.248 e. The van der Waals surface area contributed by atoms with Crippen LogP contribution in [0.1, 0.15) is 51.9 Å². The zero-order valence-electron chi connectivity index (χ0n) is 14.4. The lowest BCUT2D eigenvalue weighted by atomic mass is 9.82. The Balaban J connectivity index is 2.43. The largest absolute Gasteiger partial charge is 0.393 e. The molecule has 4 N–H and O–H groups in total. The molecule has 5 nitrogen and oxygen atoms in total. The lowest BCUT2D eigenvalue weighted by Gasteiger charge is -2.29. The standard InChI is InChI=1S/C17H29F2N2O3/c1-11(15(20)23)9-13(16(24)21-2)10-14(22)4-3-12-5-7-17(18,19)8-6-12/h4,11-14,22H,3,5-10H2,1-2H3,(H2,20,23)(H,21,24)/t11?,13-,14+/m1/s1. The van der Waals surface area contributed by atoms with Gasteiger partial charge in [0.25, 0.3) is 0 Å². The van der Waals surface area contributed by atoms with Gasteiger partial charge in [0.1, 0.15) is 0 Å². The van der Waals surface area contributed by atoms with Crippen molar-refractivity contribution in [2.24, 2.45) is 23.5 Å². The summed E-state index contributed by atoms with van der Waals surface area (Å²) >= 11 is 0. The molecule has 0 aromatic heterocycles. The predicted molar refractivity (Wildman–Crippen MR) is 87.0 cm³/mol. The summed E-state index contributed by atoms with van der Waals surface area (Å²) in [5.41, 5.74) is 5.23. The van der Waals surface area contributed by atoms with Gasteiger partial charge in [0.05, 0.1) is 6.10 Å². The van der Waals surface area contributed by atoms with E-state index in [1.807, 2.05) is 0 Å². The fraction of sp³-hybridized carbons (Fsp3) is 0.824. The van der Waals surface area contributed by atoms with Crippen LogP contribution in [0.5, 0.6) is 0 Å². The van der Waals surface area contributed by atoms with E-state index in [1.54, 1.807) is 13.3 Å². The Kier molecular flexibility index (Phi) is 8.06. The van der Waals surface area contributed by atoms with E-state index < -0.39 is 29.8 Å². The molecule has 2 amide bonds. The summed E-state index contributed by atoms with van der Waals surface area (Å²) in [4.78, 5) is 23.1. The van der Waals surface area contributed by atoms with Crippen LogP contribution in [0, 0.1) is 24.2 Å². The number of rotatable bonds is 9. The molecule has 24 heavy (non-hydrogen) atoms. The van der Waals surface area contributed by atoms with Gasteiger partial charge in [0.2, 0.25) is 17.7 Å². The van der Waals surface area contributed by atoms with Crippen molar-refractivity contribution >= 4 is 11.8 Å². The highest BCUT2D eigenvalue weighted by atomic mass is 19.3. The maximum absolute atomic E-state index is 13.1. The van der Waals surface area contributed by atoms with Crippen LogP contribution in [0.3, 0.4) is 0 Å². The summed E-state index contributed by atoms with van der Waals surface area (Å²) in [5.74, 6) is -4.09. The molecule has 3 atom stereocenters. The number of alkyl halides is 2. The molecule has 0 saturated heterocycles. The third-order valence-corrected chi connectivity index (χ3v) is 4.85. The summed E-state index contributed by atoms with van der Waals surface area (Å²) in [6.07, 6.45) is 2.62. The number of hydrogen-bond donors (Lipinski definition) is 3. The van der Waals surface area contributed by atoms with E-state index in [1.165, 1.54) is 7.05 Å². The highest BCUT2D eigenvalue weighted by Gasteiger charge is 2.35. The van der Waals surface area contributed by atoms with Crippen LogP contribution in [0.2, 0.25) is 0 Å². The van der Waals surface area contributed by atoms with E-state index in [4.69, 9.17) is 5.73 Å². The molecule has 0 aliphatic heterocycles. The number of aliphatic hydroxyl groups is 1. The minimum Gasteiger partial charge on any atom is -0.393 e. The number of carbonyl (C=O) groups is 2. The molecular weight excluding hydrogens is 318 g/mol. The SMILES string of the molecule is CNC(=O)[C@H](CC(C)C(N)=O)C[C@@H](O)[CH]CC1CCC(F)(F)CC1. The number of carbonyl (C=O) groups excluding carboxylic acids is 2. The average Bonchev–Trinajstić information content (AvgIpc) is 2.52. The van der Waals surface area contributed by atoms with Crippen molar-refractivity contribution < 1.29 is 23.5 Å². The summed E-state index contributed by atoms with van der Waals surface area (Å²) < 4.78 is 26.2. The monoisotopic (exact) mass is 347 g/mol. The van der Waals surface area contributed by atoms with Crippen LogP contribution in [-0.4, -0.2) is 36.0 Å². The number of amides is 2. The highest BCUT2D eigenvalue weighted by molar-refractivity contribution is 5.80. The van der Waals surface area contributed by atoms with Crippen LogP contribution in [0.25, 0.3) is 0 Å². The van der Waals surface area contributed by atoms with Gasteiger partial charge in [-0.05, 0) is 44.4 Å². The number of nitrogens with two attached hydrogens (primary N) is 1. The van der Waals surface area contributed by atoms with Crippen molar-refractivity contribution in [1.29, 1.82) is 0 Å². The Morgan fingerprint density at radius 2 is 1.92 bits per heavy atom. The van der Waals surface area contributed by atoms with E-state index in [9.17, 15) is 23.5 Å². The van der Waals surface area contributed by atoms with Gasteiger partial charge < -0.3 is 16.2 Å². The minimum absolute atomic E-state index is 0.0986. The quantitative estimate of drug-likeness (QED) is 0.596. The topological polar surface area (TPSA) is 92.4 Å². The Morgan fingerprint density at radius 1 is 1.33 bits per heavy atom. The van der Waals surface area contributed by atoms with Crippen LogP contribution in [0.15, 0.2) is 0 Å². The third kappa shape index (κ3) is 7.11. The minimum atomic E-state index is -2.55. The first-order valence-corrected chi connectivity index (χ1v) is 8.54. The second-order valence-electron chi connectivity index (χ2n) is 6.92. The van der Waals surface area contributed by atoms with E-state index in [0.717, 1.165) is 0 Å². The number of aliphatic hydroxyl groups excluding tert-OH is 1. The lowest BCUT2D eigenvalue weighted by Crippen LogP contribution is -2.34. The van der Waals surface area contributed by atoms with Crippen molar-refractivity contribution in [3.05, 3.63) is 6.42 Å². The van der Waals surface area contributed by atoms with Gasteiger partial charge in [-0.15, -0.1) is 0 Å². The molecule has 0 spiro atoms. The predicted octanol–water partition coefficient (Wildman–Crippen LogP) is 2.03. The van der Waals surface area contributed by atoms with Crippen LogP contribution < -0.4 is 11.1 Å². The zero-order valence-corrected chi connectivity index (χ0v) is 14.4. The first kappa shape index (κ1) is 20.8. The van der Waals surface area contributed by atoms with Crippen molar-refractivity contribution in [3.63, 3.8) is 0 Å². The molecule has 1 aliphatic rings. The average molecular weight is 347 g/mol. The molecule has 0 aromatic carbocycles. The fourth-order valence-corrected chi connectivity index (χ4v) is 3.13. The Bertz CT molecular complexity index is 422. The molecule has 0 bridgehead atoms. The third-order valence-electron chi connectivity index (χ3n) is 4.85. The van der Waals surface area contributed by atoms with Gasteiger partial charge >= 0.3 is 0 Å². The van der Waals surface area contributed by atoms with Crippen molar-refractivity contribution in [2.45, 2.75) is 63.9 Å². The smallest absolute Gasteiger partial charge is 0.248 e. The number of primary amides is 1. The van der Waals surface area contributed by atoms with Gasteiger partial charge in [-0.3, -0.25) is 9.59 Å². The number of hydrogen-bond acceptors (Lipinski definition) is 3. The van der Waals surface area contributed by atoms with Crippen LogP contribution in [0.4, 0.5) is 8.78 Å². The second-order valence-corrected chi connectivity index (χ2v) is 6.92. The molecule has 1 saturated carbocycles. The molecule has 0 heterocycles. The Labute approximate surface area is 142 Å². The van der Waals surface area contributed by atoms with Crippen molar-refractivity contribution in [1.82, 2.24) is 5.32 Å². The summed E-state index contributed by atoms with van der Waals surface area (Å²) in [6.45, 7) is 1.65. The molecule has 1 aliphatic carbocycles. The number of halogens is 2. The molecule has 7 heteroatoms. The van der Waals surface area contributed by atoms with Gasteiger partial charge in [0.15, 0.2) is 0 Å². The molecule has 1 unspecified atom stereocenters. The van der Waals surface area contributed by atoms with Crippen molar-refractivity contribution in [3.8, 4) is 0 Å². The second kappa shape index (κ2) is 9.30. The summed E-state index contributed by atoms with van der Waals surface area (Å²) in [6, 6.07) is 0. The molecule has 1 radical (unpaired) electrons. The van der Waals surface area contributed by atoms with E-state index in [0.29, 0.717) is 19.3 Å². The van der Waals surface area contributed by atoms with Crippen molar-refractivity contribution in [2.75, 3.05) is 7.05 Å². The number of nitrogens with one attached hydrogen (secondary N) is 1. The molecule has 1 rings (SSSR count). The Hall–Kier alpha value is -1.24. The van der Waals surface area contributed by atoms with Crippen LogP contribution >= 0.6 is 0 Å². The summed E-state index contributed by atoms with van der Waals surface area (Å²) in [5, 5.41) is 12.7. The van der Waals surface area contributed by atoms with E-state index in [2.05, 4.69) is 5.32 Å². The summed E-state index contributed by atoms with van der Waals surface area (Å²) in [7, 11) is 1.50. The van der Waals surface area contributed by atoms with E-state index >= 15 is 0 Å². The normalized spacial score (nSPS) is 21.7. The fourth-order valence-electron chi connectivity index (χ4n) is 3.13. The molecule has 0 aromatic rings. The molecule has 139 valence electrons. The molecule has 1 fully saturated rings. The van der Waals surface area contributed by atoms with Gasteiger partial charge in [-0.2, -0.15) is 0 Å².